The number of nitrogens with zero attached hydrogens (tertiary/aromatic N) is 1. The number of aromatic nitrogens is 2. The molecule has 0 saturated carbocycles. The van der Waals surface area contributed by atoms with Gasteiger partial charge in [0.2, 0.25) is 0 Å². The highest BCUT2D eigenvalue weighted by Crippen LogP contribution is 2.21. The molecule has 1 aromatic heterocycles. The number of nitrogens with one attached hydrogen (secondary N) is 3. The lowest BCUT2D eigenvalue weighted by molar-refractivity contribution is 0.102. The minimum atomic E-state index is -0.131. The third-order valence-electron chi connectivity index (χ3n) is 3.15. The van der Waals surface area contributed by atoms with Gasteiger partial charge in [-0.2, -0.15) is 5.10 Å². The number of rotatable bonds is 4. The fourth-order valence-corrected chi connectivity index (χ4v) is 2.11. The van der Waals surface area contributed by atoms with Crippen molar-refractivity contribution in [3.63, 3.8) is 0 Å². The van der Waals surface area contributed by atoms with Crippen molar-refractivity contribution in [1.82, 2.24) is 10.2 Å². The maximum Gasteiger partial charge on any atom is 0.257 e. The van der Waals surface area contributed by atoms with Gasteiger partial charge in [0, 0.05) is 12.2 Å². The Morgan fingerprint density at radius 3 is 2.65 bits per heavy atom. The van der Waals surface area contributed by atoms with Crippen molar-refractivity contribution in [2.45, 2.75) is 27.7 Å². The van der Waals surface area contributed by atoms with Crippen molar-refractivity contribution in [1.29, 1.82) is 0 Å². The van der Waals surface area contributed by atoms with Gasteiger partial charge in [0.15, 0.2) is 0 Å². The summed E-state index contributed by atoms with van der Waals surface area (Å²) in [5, 5.41) is 13.1. The molecule has 106 valence electrons. The van der Waals surface area contributed by atoms with Crippen LogP contribution >= 0.6 is 0 Å². The number of aromatic amines is 1. The molecule has 5 heteroatoms. The molecule has 0 atom stereocenters. The number of anilines is 2. The first kappa shape index (κ1) is 14.1. The Morgan fingerprint density at radius 2 is 2.05 bits per heavy atom. The number of amides is 1. The summed E-state index contributed by atoms with van der Waals surface area (Å²) >= 11 is 0. The lowest BCUT2D eigenvalue weighted by Crippen LogP contribution is -2.15. The molecule has 1 amide bonds. The fraction of sp³-hybridized carbons (Fsp3) is 0.333. The zero-order valence-electron chi connectivity index (χ0n) is 12.3. The largest absolute Gasteiger partial charge is 0.385 e. The molecule has 0 unspecified atom stereocenters. The Morgan fingerprint density at radius 1 is 1.30 bits per heavy atom. The van der Waals surface area contributed by atoms with E-state index >= 15 is 0 Å². The normalized spacial score (nSPS) is 10.4. The average Bonchev–Trinajstić information content (AvgIpc) is 2.71. The molecule has 0 aliphatic heterocycles. The summed E-state index contributed by atoms with van der Waals surface area (Å²) in [6.07, 6.45) is 0. The lowest BCUT2D eigenvalue weighted by atomic mass is 10.1. The van der Waals surface area contributed by atoms with Gasteiger partial charge in [-0.15, -0.1) is 0 Å². The monoisotopic (exact) mass is 272 g/mol. The SMILES string of the molecule is CCNc1cc(C)ccc1C(=O)Nc1c(C)n[nH]c1C. The molecule has 3 N–H and O–H groups in total. The number of carbonyl (C=O) groups is 1. The van der Waals surface area contributed by atoms with E-state index in [1.54, 1.807) is 0 Å². The summed E-state index contributed by atoms with van der Waals surface area (Å²) in [5.41, 5.74) is 4.99. The molecule has 5 nitrogen and oxygen atoms in total. The predicted molar refractivity (Wildman–Crippen MR) is 81.4 cm³/mol. The third kappa shape index (κ3) is 2.82. The van der Waals surface area contributed by atoms with Crippen LogP contribution in [0.4, 0.5) is 11.4 Å². The van der Waals surface area contributed by atoms with Gasteiger partial charge in [-0.1, -0.05) is 6.07 Å². The highest BCUT2D eigenvalue weighted by molar-refractivity contribution is 6.08. The highest BCUT2D eigenvalue weighted by Gasteiger charge is 2.15. The first-order chi connectivity index (χ1) is 9.52. The van der Waals surface area contributed by atoms with Crippen LogP contribution in [0, 0.1) is 20.8 Å². The Kier molecular flexibility index (Phi) is 4.08. The summed E-state index contributed by atoms with van der Waals surface area (Å²) in [6.45, 7) is 8.53. The minimum Gasteiger partial charge on any atom is -0.385 e. The van der Waals surface area contributed by atoms with Crippen LogP contribution in [0.2, 0.25) is 0 Å². The molecular weight excluding hydrogens is 252 g/mol. The van der Waals surface area contributed by atoms with E-state index in [-0.39, 0.29) is 5.91 Å². The number of hydrogen-bond donors (Lipinski definition) is 3. The van der Waals surface area contributed by atoms with E-state index < -0.39 is 0 Å². The highest BCUT2D eigenvalue weighted by atomic mass is 16.1. The van der Waals surface area contributed by atoms with Gasteiger partial charge in [0.25, 0.3) is 5.91 Å². The van der Waals surface area contributed by atoms with E-state index in [1.165, 1.54) is 0 Å². The zero-order valence-corrected chi connectivity index (χ0v) is 12.3. The van der Waals surface area contributed by atoms with Crippen molar-refractivity contribution in [3.8, 4) is 0 Å². The maximum atomic E-state index is 12.4. The van der Waals surface area contributed by atoms with E-state index in [2.05, 4.69) is 20.8 Å². The molecule has 2 aromatic rings. The van der Waals surface area contributed by atoms with Crippen LogP contribution in [0.25, 0.3) is 0 Å². The van der Waals surface area contributed by atoms with Gasteiger partial charge < -0.3 is 10.6 Å². The van der Waals surface area contributed by atoms with E-state index in [0.717, 1.165) is 34.9 Å². The summed E-state index contributed by atoms with van der Waals surface area (Å²) in [4.78, 5) is 12.4. The van der Waals surface area contributed by atoms with Crippen molar-refractivity contribution in [2.75, 3.05) is 17.2 Å². The van der Waals surface area contributed by atoms with Gasteiger partial charge in [0.1, 0.15) is 0 Å². The van der Waals surface area contributed by atoms with E-state index in [9.17, 15) is 4.79 Å². The van der Waals surface area contributed by atoms with Crippen molar-refractivity contribution in [3.05, 3.63) is 40.7 Å². The topological polar surface area (TPSA) is 69.8 Å². The Balaban J connectivity index is 2.29. The van der Waals surface area contributed by atoms with Crippen LogP contribution in [0.3, 0.4) is 0 Å². The van der Waals surface area contributed by atoms with Gasteiger partial charge in [-0.3, -0.25) is 9.89 Å². The minimum absolute atomic E-state index is 0.131. The Labute approximate surface area is 118 Å². The number of carbonyl (C=O) groups excluding carboxylic acids is 1. The van der Waals surface area contributed by atoms with E-state index in [4.69, 9.17) is 0 Å². The van der Waals surface area contributed by atoms with Gasteiger partial charge in [0.05, 0.1) is 22.6 Å². The first-order valence-electron chi connectivity index (χ1n) is 6.70. The maximum absolute atomic E-state index is 12.4. The van der Waals surface area contributed by atoms with Crippen LogP contribution in [0.15, 0.2) is 18.2 Å². The predicted octanol–water partition coefficient (Wildman–Crippen LogP) is 3.02. The number of aryl methyl sites for hydroxylation is 3. The van der Waals surface area contributed by atoms with Crippen LogP contribution in [-0.4, -0.2) is 22.6 Å². The quantitative estimate of drug-likeness (QED) is 0.801. The molecule has 0 fully saturated rings. The second-order valence-electron chi connectivity index (χ2n) is 4.84. The Bertz CT molecular complexity index is 611. The third-order valence-corrected chi connectivity index (χ3v) is 3.15. The zero-order chi connectivity index (χ0) is 14.7. The molecule has 0 aliphatic carbocycles. The molecular formula is C15H20N4O. The molecule has 0 saturated heterocycles. The Hall–Kier alpha value is -2.30. The van der Waals surface area contributed by atoms with Crippen molar-refractivity contribution < 1.29 is 4.79 Å². The molecule has 2 rings (SSSR count). The van der Waals surface area contributed by atoms with Crippen molar-refractivity contribution >= 4 is 17.3 Å². The summed E-state index contributed by atoms with van der Waals surface area (Å²) in [6, 6.07) is 5.76. The number of benzene rings is 1. The molecule has 0 spiro atoms. The summed E-state index contributed by atoms with van der Waals surface area (Å²) < 4.78 is 0. The lowest BCUT2D eigenvalue weighted by Gasteiger charge is -2.12. The molecule has 0 bridgehead atoms. The van der Waals surface area contributed by atoms with Gasteiger partial charge in [-0.25, -0.2) is 0 Å². The van der Waals surface area contributed by atoms with Crippen molar-refractivity contribution in [2.24, 2.45) is 0 Å². The first-order valence-corrected chi connectivity index (χ1v) is 6.70. The number of hydrogen-bond acceptors (Lipinski definition) is 3. The molecule has 0 radical (unpaired) electrons. The summed E-state index contributed by atoms with van der Waals surface area (Å²) in [5.74, 6) is -0.131. The molecule has 20 heavy (non-hydrogen) atoms. The second-order valence-corrected chi connectivity index (χ2v) is 4.84. The van der Waals surface area contributed by atoms with Crippen LogP contribution in [-0.2, 0) is 0 Å². The average molecular weight is 272 g/mol. The smallest absolute Gasteiger partial charge is 0.257 e. The standard InChI is InChI=1S/C15H20N4O/c1-5-16-13-8-9(2)6-7-12(13)15(20)17-14-10(3)18-19-11(14)4/h6-8,16H,5H2,1-4H3,(H,17,20)(H,18,19). The molecule has 1 aromatic carbocycles. The van der Waals surface area contributed by atoms with E-state index in [1.807, 2.05) is 45.9 Å². The van der Waals surface area contributed by atoms with Crippen LogP contribution < -0.4 is 10.6 Å². The van der Waals surface area contributed by atoms with Crippen LogP contribution in [0.1, 0.15) is 34.2 Å². The van der Waals surface area contributed by atoms with E-state index in [0.29, 0.717) is 5.56 Å². The molecule has 0 aliphatic rings. The second kappa shape index (κ2) is 5.77. The van der Waals surface area contributed by atoms with Crippen LogP contribution in [0.5, 0.6) is 0 Å². The summed E-state index contributed by atoms with van der Waals surface area (Å²) in [7, 11) is 0. The molecule has 1 heterocycles. The fourth-order valence-electron chi connectivity index (χ4n) is 2.11. The number of H-pyrrole nitrogens is 1. The van der Waals surface area contributed by atoms with Gasteiger partial charge >= 0.3 is 0 Å². The van der Waals surface area contributed by atoms with Gasteiger partial charge in [-0.05, 0) is 45.4 Å².